The van der Waals surface area contributed by atoms with Crippen molar-refractivity contribution in [2.45, 2.75) is 68.5 Å². The summed E-state index contributed by atoms with van der Waals surface area (Å²) in [5, 5.41) is 0. The molecule has 0 N–H and O–H groups in total. The molecule has 0 saturated carbocycles. The van der Waals surface area contributed by atoms with Crippen LogP contribution in [-0.2, 0) is 8.23 Å². The molecule has 0 aromatic heterocycles. The zero-order valence-corrected chi connectivity index (χ0v) is 26.9. The highest BCUT2D eigenvalue weighted by molar-refractivity contribution is 9.39. The van der Waals surface area contributed by atoms with E-state index >= 15 is 0 Å². The summed E-state index contributed by atoms with van der Waals surface area (Å²) in [6.45, 7) is 13.5. The molecule has 11 heteroatoms. The molecule has 0 aliphatic rings. The molecule has 0 rings (SSSR count). The third-order valence-electron chi connectivity index (χ3n) is 2.56. The average Bonchev–Trinajstić information content (AvgIpc) is 2.17. The Bertz CT molecular complexity index is 335. The van der Waals surface area contributed by atoms with Crippen molar-refractivity contribution in [2.75, 3.05) is 0 Å². The molecule has 2 nitrogen and oxygen atoms in total. The van der Waals surface area contributed by atoms with Gasteiger partial charge in [-0.25, -0.2) is 0 Å². The van der Waals surface area contributed by atoms with E-state index in [1.165, 1.54) is 0 Å². The SMILES string of the molecule is C[Si](C)(C)O[Si](CCC(Br)(Br)Br)(CCC(Br)(Br)Br)O[Si](C)(C)C. The maximum atomic E-state index is 6.76. The van der Waals surface area contributed by atoms with Crippen LogP contribution in [0.15, 0.2) is 0 Å². The Labute approximate surface area is 195 Å². The summed E-state index contributed by atoms with van der Waals surface area (Å²) in [7, 11) is -5.78. The van der Waals surface area contributed by atoms with Gasteiger partial charge in [0.05, 0.1) is 0 Å². The molecule has 0 atom stereocenters. The lowest BCUT2D eigenvalue weighted by atomic mass is 10.6. The van der Waals surface area contributed by atoms with Gasteiger partial charge in [0.2, 0.25) is 0 Å². The van der Waals surface area contributed by atoms with Gasteiger partial charge in [-0.15, -0.1) is 0 Å². The molecular formula is C12H26Br6O2Si3. The molecule has 0 spiro atoms. The Hall–Kier alpha value is 3.45. The van der Waals surface area contributed by atoms with Crippen LogP contribution in [0.5, 0.6) is 0 Å². The van der Waals surface area contributed by atoms with Crippen molar-refractivity contribution < 1.29 is 8.23 Å². The molecule has 0 fully saturated rings. The quantitative estimate of drug-likeness (QED) is 0.182. The monoisotopic (exact) mass is 760 g/mol. The zero-order valence-electron chi connectivity index (χ0n) is 14.4. The fraction of sp³-hybridized carbons (Fsp3) is 1.00. The summed E-state index contributed by atoms with van der Waals surface area (Å²) in [5.41, 5.74) is 0. The lowest BCUT2D eigenvalue weighted by Crippen LogP contribution is -2.55. The number of halogens is 6. The highest BCUT2D eigenvalue weighted by atomic mass is 80.0. The fourth-order valence-corrected chi connectivity index (χ4v) is 18.4. The van der Waals surface area contributed by atoms with Crippen LogP contribution in [0.4, 0.5) is 0 Å². The molecule has 0 radical (unpaired) electrons. The average molecular weight is 766 g/mol. The van der Waals surface area contributed by atoms with Crippen LogP contribution in [-0.4, -0.2) is 29.5 Å². The van der Waals surface area contributed by atoms with Crippen molar-refractivity contribution in [3.8, 4) is 0 Å². The first-order valence-electron chi connectivity index (χ1n) is 7.36. The van der Waals surface area contributed by atoms with Gasteiger partial charge in [-0.3, -0.25) is 0 Å². The zero-order chi connectivity index (χ0) is 18.7. The Morgan fingerprint density at radius 3 is 1.04 bits per heavy atom. The van der Waals surface area contributed by atoms with Crippen LogP contribution in [0.2, 0.25) is 51.4 Å². The molecule has 0 saturated heterocycles. The van der Waals surface area contributed by atoms with Gasteiger partial charge in [-0.05, 0) is 64.2 Å². The molecule has 0 aliphatic carbocycles. The molecule has 23 heavy (non-hydrogen) atoms. The third-order valence-corrected chi connectivity index (χ3v) is 14.8. The second-order valence-corrected chi connectivity index (χ2v) is 35.0. The fourth-order valence-electron chi connectivity index (χ4n) is 2.13. The largest absolute Gasteiger partial charge is 0.436 e. The molecule has 0 amide bonds. The highest BCUT2D eigenvalue weighted by Crippen LogP contribution is 2.45. The third kappa shape index (κ3) is 16.1. The van der Waals surface area contributed by atoms with Crippen molar-refractivity contribution in [1.29, 1.82) is 0 Å². The minimum Gasteiger partial charge on any atom is -0.436 e. The van der Waals surface area contributed by atoms with Gasteiger partial charge in [0.25, 0.3) is 0 Å². The molecule has 0 aliphatic heterocycles. The van der Waals surface area contributed by atoms with Crippen molar-refractivity contribution in [3.63, 3.8) is 0 Å². The van der Waals surface area contributed by atoms with Crippen molar-refractivity contribution in [1.82, 2.24) is 0 Å². The maximum Gasteiger partial charge on any atom is 0.317 e. The van der Waals surface area contributed by atoms with Crippen LogP contribution in [0, 0.1) is 0 Å². The second kappa shape index (κ2) is 9.78. The molecule has 0 aromatic carbocycles. The number of rotatable bonds is 8. The van der Waals surface area contributed by atoms with Gasteiger partial charge in [-0.2, -0.15) is 0 Å². The number of alkyl halides is 6. The van der Waals surface area contributed by atoms with E-state index in [4.69, 9.17) is 8.23 Å². The van der Waals surface area contributed by atoms with Crippen LogP contribution in [0.1, 0.15) is 12.8 Å². The molecule has 0 aromatic rings. The van der Waals surface area contributed by atoms with Gasteiger partial charge in [0, 0.05) is 0 Å². The Balaban J connectivity index is 5.50. The van der Waals surface area contributed by atoms with E-state index in [1.807, 2.05) is 0 Å². The summed E-state index contributed by atoms with van der Waals surface area (Å²) in [6.07, 6.45) is 1.79. The van der Waals surface area contributed by atoms with E-state index in [0.717, 1.165) is 24.9 Å². The minimum atomic E-state index is -2.34. The van der Waals surface area contributed by atoms with E-state index in [2.05, 4.69) is 135 Å². The van der Waals surface area contributed by atoms with Gasteiger partial charge in [0.1, 0.15) is 4.29 Å². The number of hydrogen-bond donors (Lipinski definition) is 0. The second-order valence-electron chi connectivity index (χ2n) is 7.57. The summed E-state index contributed by atoms with van der Waals surface area (Å²) >= 11 is 21.7. The predicted octanol–water partition coefficient (Wildman–Crippen LogP) is 8.59. The van der Waals surface area contributed by atoms with Gasteiger partial charge in [-0.1, -0.05) is 95.6 Å². The van der Waals surface area contributed by atoms with Gasteiger partial charge >= 0.3 is 8.56 Å². The molecule has 0 unspecified atom stereocenters. The lowest BCUT2D eigenvalue weighted by Gasteiger charge is -2.42. The van der Waals surface area contributed by atoms with E-state index in [-0.39, 0.29) is 4.29 Å². The summed E-state index contributed by atoms with van der Waals surface area (Å²) < 4.78 is 13.0. The lowest BCUT2D eigenvalue weighted by molar-refractivity contribution is 0.369. The van der Waals surface area contributed by atoms with Gasteiger partial charge < -0.3 is 8.23 Å². The first-order valence-corrected chi connectivity index (χ1v) is 21.2. The predicted molar refractivity (Wildman–Crippen MR) is 132 cm³/mol. The molecule has 0 heterocycles. The van der Waals surface area contributed by atoms with E-state index in [0.29, 0.717) is 0 Å². The van der Waals surface area contributed by atoms with E-state index < -0.39 is 25.2 Å². The van der Waals surface area contributed by atoms with E-state index in [1.54, 1.807) is 0 Å². The van der Waals surface area contributed by atoms with Crippen LogP contribution in [0.3, 0.4) is 0 Å². The van der Waals surface area contributed by atoms with Crippen molar-refractivity contribution in [2.24, 2.45) is 0 Å². The van der Waals surface area contributed by atoms with Crippen molar-refractivity contribution in [3.05, 3.63) is 0 Å². The normalized spacial score (nSPS) is 15.1. The Morgan fingerprint density at radius 2 is 0.870 bits per heavy atom. The summed E-state index contributed by atoms with van der Waals surface area (Å²) in [4.78, 5) is 0. The standard InChI is InChI=1S/C12H26Br6O2Si3/c1-21(2,3)19-23(20-22(4,5)6,9-7-11(13,14)15)10-8-12(16,17)18/h7-10H2,1-6H3. The first-order chi connectivity index (χ1) is 9.83. The summed E-state index contributed by atoms with van der Waals surface area (Å²) in [5.74, 6) is 0. The van der Waals surface area contributed by atoms with Crippen LogP contribution >= 0.6 is 95.6 Å². The Morgan fingerprint density at radius 1 is 0.609 bits per heavy atom. The van der Waals surface area contributed by atoms with E-state index in [9.17, 15) is 0 Å². The van der Waals surface area contributed by atoms with Crippen LogP contribution < -0.4 is 0 Å². The minimum absolute atomic E-state index is 0.259. The molecule has 140 valence electrons. The smallest absolute Gasteiger partial charge is 0.317 e. The van der Waals surface area contributed by atoms with Crippen molar-refractivity contribution >= 4 is 121 Å². The Kier molecular flexibility index (Phi) is 11.2. The van der Waals surface area contributed by atoms with Gasteiger partial charge in [0.15, 0.2) is 16.6 Å². The topological polar surface area (TPSA) is 18.5 Å². The number of hydrogen-bond acceptors (Lipinski definition) is 2. The summed E-state index contributed by atoms with van der Waals surface area (Å²) in [6, 6.07) is 1.87. The first kappa shape index (κ1) is 26.5. The maximum absolute atomic E-state index is 6.76. The van der Waals surface area contributed by atoms with Crippen LogP contribution in [0.25, 0.3) is 0 Å². The molecule has 0 bridgehead atoms. The molecular weight excluding hydrogens is 740 g/mol. The highest BCUT2D eigenvalue weighted by Gasteiger charge is 2.46.